The summed E-state index contributed by atoms with van der Waals surface area (Å²) in [7, 11) is 2.00. The van der Waals surface area contributed by atoms with Crippen LogP contribution >= 0.6 is 11.9 Å². The van der Waals surface area contributed by atoms with Gasteiger partial charge in [-0.3, -0.25) is 9.62 Å². The van der Waals surface area contributed by atoms with Gasteiger partial charge in [0, 0.05) is 24.8 Å². The van der Waals surface area contributed by atoms with Crippen molar-refractivity contribution in [2.45, 2.75) is 57.4 Å². The Labute approximate surface area is 172 Å². The summed E-state index contributed by atoms with van der Waals surface area (Å²) in [6.45, 7) is 3.26. The molecule has 1 unspecified atom stereocenters. The zero-order valence-electron chi connectivity index (χ0n) is 16.9. The average Bonchev–Trinajstić information content (AvgIpc) is 3.43. The van der Waals surface area contributed by atoms with Crippen molar-refractivity contribution in [3.63, 3.8) is 0 Å². The number of likely N-dealkylation sites (N-methyl/N-ethyl adjacent to an activating group) is 1. The van der Waals surface area contributed by atoms with Gasteiger partial charge in [0.1, 0.15) is 0 Å². The highest BCUT2D eigenvalue weighted by Gasteiger charge is 2.25. The number of anilines is 1. The van der Waals surface area contributed by atoms with Crippen LogP contribution in [-0.4, -0.2) is 43.7 Å². The second kappa shape index (κ2) is 9.33. The first-order valence-electron chi connectivity index (χ1n) is 10.7. The van der Waals surface area contributed by atoms with Crippen molar-refractivity contribution >= 4 is 23.7 Å². The number of hydrogen-bond acceptors (Lipinski definition) is 4. The Morgan fingerprint density at radius 3 is 2.64 bits per heavy atom. The lowest BCUT2D eigenvalue weighted by Crippen LogP contribution is -2.33. The van der Waals surface area contributed by atoms with E-state index in [0.29, 0.717) is 6.04 Å². The molecular formula is C22H32N4OS. The molecule has 1 fully saturated rings. The molecule has 1 aliphatic heterocycles. The van der Waals surface area contributed by atoms with Crippen LogP contribution in [0.4, 0.5) is 10.5 Å². The molecule has 6 heteroatoms. The topological polar surface area (TPSA) is 56.4 Å². The molecule has 4 rings (SSSR count). The van der Waals surface area contributed by atoms with Gasteiger partial charge in [0.15, 0.2) is 0 Å². The number of fused-ring (bicyclic) bond motifs is 2. The number of nitrogens with one attached hydrogen (secondary N) is 3. The van der Waals surface area contributed by atoms with Crippen LogP contribution < -0.4 is 15.4 Å². The molecule has 0 bridgehead atoms. The van der Waals surface area contributed by atoms with Crippen LogP contribution in [0.3, 0.4) is 0 Å². The summed E-state index contributed by atoms with van der Waals surface area (Å²) in [5, 5.41) is 8.43. The van der Waals surface area contributed by atoms with Crippen molar-refractivity contribution in [2.75, 3.05) is 32.0 Å². The van der Waals surface area contributed by atoms with E-state index in [1.165, 1.54) is 66.4 Å². The monoisotopic (exact) mass is 400 g/mol. The molecule has 28 heavy (non-hydrogen) atoms. The van der Waals surface area contributed by atoms with E-state index >= 15 is 0 Å². The van der Waals surface area contributed by atoms with E-state index in [-0.39, 0.29) is 6.03 Å². The average molecular weight is 401 g/mol. The predicted molar refractivity (Wildman–Crippen MR) is 118 cm³/mol. The fraction of sp³-hybridized carbons (Fsp3) is 0.591. The van der Waals surface area contributed by atoms with Crippen molar-refractivity contribution in [2.24, 2.45) is 0 Å². The van der Waals surface area contributed by atoms with Gasteiger partial charge in [0.2, 0.25) is 0 Å². The smallest absolute Gasteiger partial charge is 0.318 e. The van der Waals surface area contributed by atoms with Crippen LogP contribution in [0.25, 0.3) is 0 Å². The molecule has 3 N–H and O–H groups in total. The molecule has 0 radical (unpaired) electrons. The second-order valence-corrected chi connectivity index (χ2v) is 8.80. The fourth-order valence-corrected chi connectivity index (χ4v) is 5.41. The third-order valence-corrected chi connectivity index (χ3v) is 6.89. The lowest BCUT2D eigenvalue weighted by atomic mass is 9.99. The maximum absolute atomic E-state index is 12.5. The van der Waals surface area contributed by atoms with Gasteiger partial charge in [-0.25, -0.2) is 4.79 Å². The predicted octanol–water partition coefficient (Wildman–Crippen LogP) is 3.63. The van der Waals surface area contributed by atoms with Gasteiger partial charge in [-0.2, -0.15) is 0 Å². The van der Waals surface area contributed by atoms with Crippen molar-refractivity contribution in [1.82, 2.24) is 14.9 Å². The van der Waals surface area contributed by atoms with E-state index < -0.39 is 0 Å². The molecule has 3 aliphatic rings. The summed E-state index contributed by atoms with van der Waals surface area (Å²) >= 11 is 1.38. The van der Waals surface area contributed by atoms with E-state index in [4.69, 9.17) is 0 Å². The first-order chi connectivity index (χ1) is 13.8. The van der Waals surface area contributed by atoms with E-state index in [9.17, 15) is 4.79 Å². The molecule has 1 heterocycles. The summed E-state index contributed by atoms with van der Waals surface area (Å²) in [5.74, 6) is 0. The van der Waals surface area contributed by atoms with Crippen LogP contribution in [0.5, 0.6) is 0 Å². The number of benzene rings is 1. The number of carbonyl (C=O) groups is 1. The third kappa shape index (κ3) is 4.39. The summed E-state index contributed by atoms with van der Waals surface area (Å²) in [5.41, 5.74) is 6.77. The van der Waals surface area contributed by atoms with Crippen molar-refractivity contribution in [1.29, 1.82) is 0 Å². The Bertz CT molecular complexity index is 716. The minimum absolute atomic E-state index is 0.109. The highest BCUT2D eigenvalue weighted by molar-refractivity contribution is 8.00. The first kappa shape index (κ1) is 19.8. The normalized spacial score (nSPS) is 21.2. The lowest BCUT2D eigenvalue weighted by molar-refractivity contribution is 0.257. The molecule has 5 nitrogen and oxygen atoms in total. The molecule has 0 spiro atoms. The minimum atomic E-state index is -0.109. The molecular weight excluding hydrogens is 368 g/mol. The van der Waals surface area contributed by atoms with Crippen molar-refractivity contribution < 1.29 is 4.79 Å². The SMILES string of the molecule is CNCCN1CCCC1/C=C/SNC(=O)Nc1c2c(cc3c1CCC3)CCC2. The van der Waals surface area contributed by atoms with Gasteiger partial charge in [0.05, 0.1) is 0 Å². The summed E-state index contributed by atoms with van der Waals surface area (Å²) < 4.78 is 2.94. The highest BCUT2D eigenvalue weighted by Crippen LogP contribution is 2.38. The number of amides is 2. The largest absolute Gasteiger partial charge is 0.329 e. The molecule has 1 aromatic rings. The zero-order valence-corrected chi connectivity index (χ0v) is 17.7. The van der Waals surface area contributed by atoms with E-state index in [0.717, 1.165) is 44.5 Å². The molecule has 1 atom stereocenters. The van der Waals surface area contributed by atoms with Gasteiger partial charge < -0.3 is 10.6 Å². The standard InChI is InChI=1S/C22H32N4OS/c1-23-11-13-26-12-4-7-18(26)10-14-28-25-22(27)24-21-19-8-2-5-16(19)15-17-6-3-9-20(17)21/h10,14-15,18,23H,2-9,11-13H2,1H3,(H2,24,25,27)/b14-10+. The van der Waals surface area contributed by atoms with Crippen LogP contribution in [0.1, 0.15) is 47.9 Å². The van der Waals surface area contributed by atoms with Crippen molar-refractivity contribution in [3.8, 4) is 0 Å². The maximum Gasteiger partial charge on any atom is 0.329 e. The number of nitrogens with zero attached hydrogens (tertiary/aromatic N) is 1. The first-order valence-corrected chi connectivity index (χ1v) is 11.6. The number of hydrogen-bond donors (Lipinski definition) is 3. The Morgan fingerprint density at radius 2 is 1.93 bits per heavy atom. The Hall–Kier alpha value is -1.50. The van der Waals surface area contributed by atoms with Gasteiger partial charge in [-0.05, 0) is 105 Å². The highest BCUT2D eigenvalue weighted by atomic mass is 32.2. The van der Waals surface area contributed by atoms with Crippen LogP contribution in [0, 0.1) is 0 Å². The Balaban J connectivity index is 1.31. The van der Waals surface area contributed by atoms with Gasteiger partial charge in [-0.1, -0.05) is 12.1 Å². The van der Waals surface area contributed by atoms with Crippen LogP contribution in [-0.2, 0) is 25.7 Å². The van der Waals surface area contributed by atoms with Gasteiger partial charge >= 0.3 is 6.03 Å². The third-order valence-electron chi connectivity index (χ3n) is 6.30. The molecule has 1 aromatic carbocycles. The summed E-state index contributed by atoms with van der Waals surface area (Å²) in [6.07, 6.45) is 11.6. The second-order valence-electron chi connectivity index (χ2n) is 8.09. The van der Waals surface area contributed by atoms with Crippen LogP contribution in [0.2, 0.25) is 0 Å². The van der Waals surface area contributed by atoms with Crippen molar-refractivity contribution in [3.05, 3.63) is 39.8 Å². The minimum Gasteiger partial charge on any atom is -0.318 e. The van der Waals surface area contributed by atoms with Gasteiger partial charge in [0.25, 0.3) is 0 Å². The zero-order chi connectivity index (χ0) is 19.3. The molecule has 152 valence electrons. The number of likely N-dealkylation sites (tertiary alicyclic amines) is 1. The lowest BCUT2D eigenvalue weighted by Gasteiger charge is -2.21. The van der Waals surface area contributed by atoms with Crippen LogP contribution in [0.15, 0.2) is 17.6 Å². The molecule has 1 saturated heterocycles. The molecule has 0 aromatic heterocycles. The maximum atomic E-state index is 12.5. The molecule has 2 amide bonds. The number of urea groups is 1. The van der Waals surface area contributed by atoms with E-state index in [2.05, 4.69) is 32.4 Å². The quantitative estimate of drug-likeness (QED) is 0.612. The van der Waals surface area contributed by atoms with E-state index in [1.54, 1.807) is 0 Å². The Morgan fingerprint density at radius 1 is 1.18 bits per heavy atom. The molecule has 2 aliphatic carbocycles. The van der Waals surface area contributed by atoms with E-state index in [1.807, 2.05) is 12.5 Å². The van der Waals surface area contributed by atoms with Gasteiger partial charge in [-0.15, -0.1) is 0 Å². The number of carbonyl (C=O) groups excluding carboxylic acids is 1. The Kier molecular flexibility index (Phi) is 6.60. The summed E-state index contributed by atoms with van der Waals surface area (Å²) in [6, 6.07) is 2.78. The number of aryl methyl sites for hydroxylation is 2. The fourth-order valence-electron chi connectivity index (χ4n) is 4.93. The summed E-state index contributed by atoms with van der Waals surface area (Å²) in [4.78, 5) is 15.0. The molecule has 0 saturated carbocycles. The number of rotatable bonds is 7.